The van der Waals surface area contributed by atoms with Gasteiger partial charge in [-0.3, -0.25) is 4.79 Å². The second-order valence-electron chi connectivity index (χ2n) is 5.95. The molecule has 0 saturated heterocycles. The first-order valence-corrected chi connectivity index (χ1v) is 8.25. The quantitative estimate of drug-likeness (QED) is 0.463. The summed E-state index contributed by atoms with van der Waals surface area (Å²) in [5.41, 5.74) is 2.66. The predicted molar refractivity (Wildman–Crippen MR) is 95.6 cm³/mol. The van der Waals surface area contributed by atoms with Crippen LogP contribution in [0.2, 0.25) is 0 Å². The monoisotopic (exact) mass is 383 g/mol. The first-order chi connectivity index (χ1) is 13.5. The van der Waals surface area contributed by atoms with Crippen LogP contribution in [0, 0.1) is 10.1 Å². The molecule has 1 aromatic carbocycles. The number of nitrogens with one attached hydrogen (secondary N) is 1. The first kappa shape index (κ1) is 17.4. The highest BCUT2D eigenvalue weighted by Crippen LogP contribution is 2.40. The molecule has 1 aromatic heterocycles. The van der Waals surface area contributed by atoms with Crippen molar-refractivity contribution < 1.29 is 24.4 Å². The fourth-order valence-electron chi connectivity index (χ4n) is 3.24. The molecule has 28 heavy (non-hydrogen) atoms. The minimum absolute atomic E-state index is 0.000970. The molecule has 2 heterocycles. The molecule has 11 heteroatoms. The molecular formula is C17H13N5O6. The molecule has 0 bridgehead atoms. The molecule has 2 aliphatic rings. The topological polar surface area (TPSA) is 149 Å². The van der Waals surface area contributed by atoms with Crippen LogP contribution in [0.25, 0.3) is 5.76 Å². The van der Waals surface area contributed by atoms with Crippen LogP contribution in [0.5, 0.6) is 0 Å². The third-order valence-corrected chi connectivity index (χ3v) is 4.44. The summed E-state index contributed by atoms with van der Waals surface area (Å²) in [6, 6.07) is 4.88. The van der Waals surface area contributed by atoms with Crippen LogP contribution in [0.4, 0.5) is 5.82 Å². The number of aromatic nitrogens is 2. The van der Waals surface area contributed by atoms with Crippen molar-refractivity contribution in [2.75, 3.05) is 12.0 Å². The largest absolute Gasteiger partial charge is 0.507 e. The maximum atomic E-state index is 12.9. The Labute approximate surface area is 157 Å². The van der Waals surface area contributed by atoms with E-state index in [-0.39, 0.29) is 40.4 Å². The number of amidine groups is 1. The van der Waals surface area contributed by atoms with E-state index in [0.717, 1.165) is 10.9 Å². The molecule has 142 valence electrons. The summed E-state index contributed by atoms with van der Waals surface area (Å²) in [6.07, 6.45) is 1.16. The van der Waals surface area contributed by atoms with Crippen LogP contribution < -0.4 is 5.43 Å². The molecule has 1 atom stereocenters. The number of hydrogen-bond donors (Lipinski definition) is 2. The van der Waals surface area contributed by atoms with Crippen molar-refractivity contribution in [2.24, 2.45) is 5.10 Å². The zero-order chi connectivity index (χ0) is 20.0. The number of hydrogen-bond acceptors (Lipinski definition) is 9. The Morgan fingerprint density at radius 3 is 2.75 bits per heavy atom. The van der Waals surface area contributed by atoms with E-state index >= 15 is 0 Å². The molecule has 4 rings (SSSR count). The van der Waals surface area contributed by atoms with Gasteiger partial charge in [0.1, 0.15) is 11.3 Å². The van der Waals surface area contributed by atoms with Crippen molar-refractivity contribution in [1.82, 2.24) is 9.78 Å². The number of ketones is 1. The highest BCUT2D eigenvalue weighted by atomic mass is 16.6. The van der Waals surface area contributed by atoms with Gasteiger partial charge in [-0.05, 0) is 11.8 Å². The van der Waals surface area contributed by atoms with E-state index in [2.05, 4.69) is 15.6 Å². The normalized spacial score (nSPS) is 17.5. The molecule has 11 nitrogen and oxygen atoms in total. The van der Waals surface area contributed by atoms with E-state index in [1.807, 2.05) is 0 Å². The lowest BCUT2D eigenvalue weighted by atomic mass is 10.0. The number of Topliss-reactive ketones (excluding diaryl/α,β-unsaturated/α-hetero) is 1. The molecule has 0 unspecified atom stereocenters. The Kier molecular flexibility index (Phi) is 3.91. The average molecular weight is 383 g/mol. The molecule has 2 aromatic rings. The second kappa shape index (κ2) is 6.30. The molecule has 2 N–H and O–H groups in total. The van der Waals surface area contributed by atoms with Gasteiger partial charge >= 0.3 is 11.8 Å². The second-order valence-corrected chi connectivity index (χ2v) is 5.95. The van der Waals surface area contributed by atoms with E-state index in [0.29, 0.717) is 0 Å². The molecular weight excluding hydrogens is 370 g/mol. The van der Waals surface area contributed by atoms with Crippen LogP contribution >= 0.6 is 0 Å². The number of fused-ring (bicyclic) bond motifs is 2. The van der Waals surface area contributed by atoms with Gasteiger partial charge in [-0.15, -0.1) is 0 Å². The number of aliphatic hydroxyl groups is 1. The van der Waals surface area contributed by atoms with Gasteiger partial charge in [0, 0.05) is 11.1 Å². The smallest absolute Gasteiger partial charge is 0.393 e. The van der Waals surface area contributed by atoms with Crippen molar-refractivity contribution in [2.45, 2.75) is 13.0 Å². The van der Waals surface area contributed by atoms with Gasteiger partial charge < -0.3 is 20.0 Å². The summed E-state index contributed by atoms with van der Waals surface area (Å²) in [5.74, 6) is -2.28. The van der Waals surface area contributed by atoms with Crippen LogP contribution in [-0.2, 0) is 4.74 Å². The number of esters is 1. The Balaban J connectivity index is 1.89. The van der Waals surface area contributed by atoms with Crippen LogP contribution in [-0.4, -0.2) is 44.0 Å². The molecule has 0 radical (unpaired) electrons. The Bertz CT molecular complexity index is 1100. The lowest BCUT2D eigenvalue weighted by molar-refractivity contribution is -0.355. The maximum Gasteiger partial charge on any atom is 0.393 e. The minimum Gasteiger partial charge on any atom is -0.507 e. The zero-order valence-electron chi connectivity index (χ0n) is 14.4. The van der Waals surface area contributed by atoms with Crippen LogP contribution in [0.3, 0.4) is 0 Å². The third-order valence-electron chi connectivity index (χ3n) is 4.44. The fraction of sp³-hybridized carbons (Fsp3) is 0.176. The number of carbonyl (C=O) groups is 2. The van der Waals surface area contributed by atoms with Gasteiger partial charge in [-0.1, -0.05) is 24.3 Å². The number of hydrazone groups is 1. The number of aliphatic hydroxyl groups excluding tert-OH is 1. The average Bonchev–Trinajstić information content (AvgIpc) is 3.22. The highest BCUT2D eigenvalue weighted by Gasteiger charge is 2.47. The zero-order valence-corrected chi connectivity index (χ0v) is 14.4. The predicted octanol–water partition coefficient (Wildman–Crippen LogP) is 1.78. The third kappa shape index (κ3) is 2.36. The van der Waals surface area contributed by atoms with Crippen molar-refractivity contribution >= 4 is 29.2 Å². The molecule has 0 fully saturated rings. The molecule has 0 spiro atoms. The number of rotatable bonds is 3. The number of carbonyl (C=O) groups excluding carboxylic acids is 2. The summed E-state index contributed by atoms with van der Waals surface area (Å²) in [7, 11) is 0. The number of nitrogens with zero attached hydrogens (tertiary/aromatic N) is 4. The molecule has 1 aliphatic carbocycles. The first-order valence-electron chi connectivity index (χ1n) is 8.25. The number of benzene rings is 1. The Morgan fingerprint density at radius 2 is 2.11 bits per heavy atom. The van der Waals surface area contributed by atoms with Crippen LogP contribution in [0.1, 0.15) is 39.2 Å². The summed E-state index contributed by atoms with van der Waals surface area (Å²) in [5, 5.41) is 29.9. The number of ether oxygens (including phenoxy) is 1. The van der Waals surface area contributed by atoms with Crippen molar-refractivity contribution in [3.05, 3.63) is 62.8 Å². The molecule has 1 aliphatic heterocycles. The van der Waals surface area contributed by atoms with Crippen molar-refractivity contribution in [3.8, 4) is 0 Å². The van der Waals surface area contributed by atoms with Crippen LogP contribution in [0.15, 0.2) is 41.1 Å². The lowest BCUT2D eigenvalue weighted by Gasteiger charge is -2.20. The SMILES string of the molecule is CCOC(=O)c1cnn2c1NN=C([N+](=O)[O-])[C@@H]2C1=C(O)c2ccccc2C1=O. The summed E-state index contributed by atoms with van der Waals surface area (Å²) in [6.45, 7) is 1.75. The van der Waals surface area contributed by atoms with E-state index in [1.54, 1.807) is 19.1 Å². The van der Waals surface area contributed by atoms with E-state index in [1.165, 1.54) is 12.1 Å². The summed E-state index contributed by atoms with van der Waals surface area (Å²) < 4.78 is 6.01. The van der Waals surface area contributed by atoms with E-state index in [4.69, 9.17) is 4.74 Å². The van der Waals surface area contributed by atoms with Gasteiger partial charge in [-0.2, -0.15) is 10.5 Å². The number of nitro groups is 1. The Hall–Kier alpha value is -4.02. The van der Waals surface area contributed by atoms with Gasteiger partial charge in [0.15, 0.2) is 17.6 Å². The lowest BCUT2D eigenvalue weighted by Crippen LogP contribution is -2.35. The van der Waals surface area contributed by atoms with Gasteiger partial charge in [0.25, 0.3) is 0 Å². The number of anilines is 1. The summed E-state index contributed by atoms with van der Waals surface area (Å²) >= 11 is 0. The van der Waals surface area contributed by atoms with E-state index < -0.39 is 28.6 Å². The highest BCUT2D eigenvalue weighted by molar-refractivity contribution is 6.22. The van der Waals surface area contributed by atoms with Crippen molar-refractivity contribution in [3.63, 3.8) is 0 Å². The van der Waals surface area contributed by atoms with E-state index in [9.17, 15) is 24.8 Å². The summed E-state index contributed by atoms with van der Waals surface area (Å²) in [4.78, 5) is 35.8. The standard InChI is InChI=1S/C17H13N5O6/c1-2-28-17(25)10-7-18-21-12(16(22(26)27)20-19-15(10)21)11-13(23)8-5-3-4-6-9(8)14(11)24/h3-7,12,19,23H,2H2,1H3/t12-/m0/s1. The Morgan fingerprint density at radius 1 is 1.39 bits per heavy atom. The van der Waals surface area contributed by atoms with Crippen molar-refractivity contribution in [1.29, 1.82) is 0 Å². The fourth-order valence-corrected chi connectivity index (χ4v) is 3.24. The van der Waals surface area contributed by atoms with Gasteiger partial charge in [0.2, 0.25) is 0 Å². The minimum atomic E-state index is -1.42. The molecule has 0 amide bonds. The molecule has 0 saturated carbocycles. The maximum absolute atomic E-state index is 12.9. The van der Waals surface area contributed by atoms with Gasteiger partial charge in [0.05, 0.1) is 23.5 Å². The van der Waals surface area contributed by atoms with Gasteiger partial charge in [-0.25, -0.2) is 9.48 Å².